The standard InChI is InChI=1S/C12H17N3O3S2/c13-20(17,18)10-3-1-9(2-4-10)5-6-14-12(16)11-7-19-8-15-11/h1-4,11,15H,5-8H2,(H,14,16)(H2,13,17,18). The molecular weight excluding hydrogens is 298 g/mol. The highest BCUT2D eigenvalue weighted by molar-refractivity contribution is 7.99. The number of rotatable bonds is 5. The van der Waals surface area contributed by atoms with Gasteiger partial charge in [-0.05, 0) is 24.1 Å². The molecule has 1 fully saturated rings. The van der Waals surface area contributed by atoms with Crippen molar-refractivity contribution in [2.45, 2.75) is 17.4 Å². The third kappa shape index (κ3) is 4.20. The van der Waals surface area contributed by atoms with Gasteiger partial charge in [0.05, 0.1) is 10.9 Å². The molecule has 1 saturated heterocycles. The Kier molecular flexibility index (Phi) is 5.03. The molecule has 1 aliphatic heterocycles. The van der Waals surface area contributed by atoms with Gasteiger partial charge in [-0.1, -0.05) is 12.1 Å². The van der Waals surface area contributed by atoms with Crippen molar-refractivity contribution >= 4 is 27.7 Å². The Hall–Kier alpha value is -1.09. The fourth-order valence-electron chi connectivity index (χ4n) is 1.86. The molecule has 6 nitrogen and oxygen atoms in total. The lowest BCUT2D eigenvalue weighted by atomic mass is 10.1. The molecule has 1 unspecified atom stereocenters. The van der Waals surface area contributed by atoms with E-state index in [1.807, 2.05) is 0 Å². The van der Waals surface area contributed by atoms with E-state index in [0.717, 1.165) is 17.2 Å². The zero-order valence-corrected chi connectivity index (χ0v) is 12.5. The Morgan fingerprint density at radius 2 is 2.10 bits per heavy atom. The van der Waals surface area contributed by atoms with Gasteiger partial charge in [-0.3, -0.25) is 10.1 Å². The molecule has 4 N–H and O–H groups in total. The molecule has 0 radical (unpaired) electrons. The number of primary sulfonamides is 1. The average molecular weight is 315 g/mol. The summed E-state index contributed by atoms with van der Waals surface area (Å²) in [6.07, 6.45) is 0.649. The smallest absolute Gasteiger partial charge is 0.238 e. The second-order valence-corrected chi connectivity index (χ2v) is 7.09. The van der Waals surface area contributed by atoms with Gasteiger partial charge in [-0.25, -0.2) is 13.6 Å². The number of carbonyl (C=O) groups excluding carboxylic acids is 1. The largest absolute Gasteiger partial charge is 0.354 e. The molecule has 8 heteroatoms. The second-order valence-electron chi connectivity index (χ2n) is 4.50. The first-order valence-electron chi connectivity index (χ1n) is 6.17. The minimum Gasteiger partial charge on any atom is -0.354 e. The maximum absolute atomic E-state index is 11.7. The van der Waals surface area contributed by atoms with Gasteiger partial charge in [0, 0.05) is 18.2 Å². The number of benzene rings is 1. The molecule has 1 heterocycles. The molecule has 0 saturated carbocycles. The number of thioether (sulfide) groups is 1. The number of hydrogen-bond donors (Lipinski definition) is 3. The Bertz CT molecular complexity index is 566. The molecule has 1 aromatic carbocycles. The van der Waals surface area contributed by atoms with Crippen LogP contribution in [0, 0.1) is 0 Å². The summed E-state index contributed by atoms with van der Waals surface area (Å²) in [5, 5.41) is 11.0. The van der Waals surface area contributed by atoms with Crippen LogP contribution in [0.1, 0.15) is 5.56 Å². The molecule has 1 atom stereocenters. The Morgan fingerprint density at radius 1 is 1.40 bits per heavy atom. The van der Waals surface area contributed by atoms with Crippen molar-refractivity contribution in [2.75, 3.05) is 18.2 Å². The topological polar surface area (TPSA) is 101 Å². The van der Waals surface area contributed by atoms with Crippen molar-refractivity contribution in [3.05, 3.63) is 29.8 Å². The lowest BCUT2D eigenvalue weighted by Crippen LogP contribution is -2.42. The normalized spacial score (nSPS) is 18.9. The summed E-state index contributed by atoms with van der Waals surface area (Å²) in [6, 6.07) is 6.25. The van der Waals surface area contributed by atoms with Crippen molar-refractivity contribution in [3.63, 3.8) is 0 Å². The van der Waals surface area contributed by atoms with Gasteiger partial charge in [0.25, 0.3) is 0 Å². The third-order valence-corrected chi connectivity index (χ3v) is 4.87. The highest BCUT2D eigenvalue weighted by atomic mass is 32.2. The van der Waals surface area contributed by atoms with Crippen LogP contribution in [-0.2, 0) is 21.2 Å². The van der Waals surface area contributed by atoms with E-state index >= 15 is 0 Å². The van der Waals surface area contributed by atoms with Crippen LogP contribution in [0.25, 0.3) is 0 Å². The highest BCUT2D eigenvalue weighted by Crippen LogP contribution is 2.10. The number of hydrogen-bond acceptors (Lipinski definition) is 5. The first-order chi connectivity index (χ1) is 9.47. The Balaban J connectivity index is 1.81. The predicted octanol–water partition coefficient (Wildman–Crippen LogP) is -0.345. The fraction of sp³-hybridized carbons (Fsp3) is 0.417. The first kappa shape index (κ1) is 15.3. The first-order valence-corrected chi connectivity index (χ1v) is 8.87. The molecule has 1 aromatic rings. The van der Waals surface area contributed by atoms with E-state index in [4.69, 9.17) is 5.14 Å². The number of sulfonamides is 1. The predicted molar refractivity (Wildman–Crippen MR) is 78.8 cm³/mol. The van der Waals surface area contributed by atoms with E-state index in [1.165, 1.54) is 12.1 Å². The summed E-state index contributed by atoms with van der Waals surface area (Å²) in [4.78, 5) is 11.8. The zero-order valence-electron chi connectivity index (χ0n) is 10.8. The zero-order chi connectivity index (χ0) is 14.6. The van der Waals surface area contributed by atoms with Crippen LogP contribution < -0.4 is 15.8 Å². The van der Waals surface area contributed by atoms with Crippen molar-refractivity contribution < 1.29 is 13.2 Å². The van der Waals surface area contributed by atoms with E-state index < -0.39 is 10.0 Å². The maximum atomic E-state index is 11.7. The van der Waals surface area contributed by atoms with Gasteiger partial charge < -0.3 is 5.32 Å². The minimum absolute atomic E-state index is 0.0103. The lowest BCUT2D eigenvalue weighted by molar-refractivity contribution is -0.122. The van der Waals surface area contributed by atoms with Crippen LogP contribution in [-0.4, -0.2) is 38.5 Å². The van der Waals surface area contributed by atoms with Crippen LogP contribution in [0.3, 0.4) is 0 Å². The van der Waals surface area contributed by atoms with Crippen molar-refractivity contribution in [3.8, 4) is 0 Å². The summed E-state index contributed by atoms with van der Waals surface area (Å²) >= 11 is 1.70. The van der Waals surface area contributed by atoms with E-state index in [2.05, 4.69) is 10.6 Å². The number of nitrogens with one attached hydrogen (secondary N) is 2. The molecule has 0 aliphatic carbocycles. The van der Waals surface area contributed by atoms with Crippen LogP contribution in [0.2, 0.25) is 0 Å². The van der Waals surface area contributed by atoms with Crippen molar-refractivity contribution in [2.24, 2.45) is 5.14 Å². The average Bonchev–Trinajstić information content (AvgIpc) is 2.92. The quantitative estimate of drug-likeness (QED) is 0.690. The van der Waals surface area contributed by atoms with Gasteiger partial charge in [0.1, 0.15) is 0 Å². The molecule has 110 valence electrons. The van der Waals surface area contributed by atoms with Crippen LogP contribution in [0.5, 0.6) is 0 Å². The van der Waals surface area contributed by atoms with E-state index in [9.17, 15) is 13.2 Å². The summed E-state index contributed by atoms with van der Waals surface area (Å²) in [5.41, 5.74) is 0.950. The summed E-state index contributed by atoms with van der Waals surface area (Å²) in [6.45, 7) is 0.524. The highest BCUT2D eigenvalue weighted by Gasteiger charge is 2.21. The monoisotopic (exact) mass is 315 g/mol. The second kappa shape index (κ2) is 6.57. The molecule has 20 heavy (non-hydrogen) atoms. The Morgan fingerprint density at radius 3 is 2.65 bits per heavy atom. The molecule has 1 amide bonds. The molecule has 0 aromatic heterocycles. The van der Waals surface area contributed by atoms with E-state index in [-0.39, 0.29) is 16.8 Å². The minimum atomic E-state index is -3.64. The van der Waals surface area contributed by atoms with Crippen LogP contribution in [0.4, 0.5) is 0 Å². The Labute approximate surface area is 122 Å². The van der Waals surface area contributed by atoms with Gasteiger partial charge in [-0.15, -0.1) is 11.8 Å². The fourth-order valence-corrected chi connectivity index (χ4v) is 3.32. The molecule has 2 rings (SSSR count). The summed E-state index contributed by atoms with van der Waals surface area (Å²) in [5.74, 6) is 1.62. The van der Waals surface area contributed by atoms with Crippen molar-refractivity contribution in [1.82, 2.24) is 10.6 Å². The molecule has 0 bridgehead atoms. The van der Waals surface area contributed by atoms with Gasteiger partial charge >= 0.3 is 0 Å². The van der Waals surface area contributed by atoms with E-state index in [0.29, 0.717) is 13.0 Å². The molecule has 0 spiro atoms. The van der Waals surface area contributed by atoms with Crippen LogP contribution >= 0.6 is 11.8 Å². The number of nitrogens with two attached hydrogens (primary N) is 1. The summed E-state index contributed by atoms with van der Waals surface area (Å²) < 4.78 is 22.2. The SMILES string of the molecule is NS(=O)(=O)c1ccc(CCNC(=O)C2CSCN2)cc1. The van der Waals surface area contributed by atoms with Gasteiger partial charge in [0.2, 0.25) is 15.9 Å². The number of amides is 1. The summed E-state index contributed by atoms with van der Waals surface area (Å²) in [7, 11) is -3.64. The van der Waals surface area contributed by atoms with Crippen LogP contribution in [0.15, 0.2) is 29.2 Å². The lowest BCUT2D eigenvalue weighted by Gasteiger charge is -2.10. The van der Waals surface area contributed by atoms with Gasteiger partial charge in [-0.2, -0.15) is 0 Å². The van der Waals surface area contributed by atoms with E-state index in [1.54, 1.807) is 23.9 Å². The maximum Gasteiger partial charge on any atom is 0.238 e. The number of carbonyl (C=O) groups is 1. The molecular formula is C12H17N3O3S2. The van der Waals surface area contributed by atoms with Crippen molar-refractivity contribution in [1.29, 1.82) is 0 Å². The van der Waals surface area contributed by atoms with Gasteiger partial charge in [0.15, 0.2) is 0 Å². The third-order valence-electron chi connectivity index (χ3n) is 3.00. The molecule has 1 aliphatic rings.